The molecule has 1 aliphatic rings. The Balaban J connectivity index is 2.21. The number of ether oxygens (including phenoxy) is 1. The van der Waals surface area contributed by atoms with E-state index in [4.69, 9.17) is 9.84 Å². The van der Waals surface area contributed by atoms with Crippen molar-refractivity contribution in [2.75, 3.05) is 19.7 Å². The van der Waals surface area contributed by atoms with E-state index >= 15 is 0 Å². The molecule has 0 bridgehead atoms. The number of amides is 1. The molecule has 4 nitrogen and oxygen atoms in total. The van der Waals surface area contributed by atoms with Crippen molar-refractivity contribution in [3.8, 4) is 0 Å². The minimum Gasteiger partial charge on any atom is -0.394 e. The molecule has 1 aliphatic heterocycles. The van der Waals surface area contributed by atoms with E-state index in [-0.39, 0.29) is 30.7 Å². The number of morpholine rings is 1. The van der Waals surface area contributed by atoms with E-state index in [0.29, 0.717) is 11.0 Å². The second-order valence-electron chi connectivity index (χ2n) is 4.59. The molecule has 1 saturated heterocycles. The maximum absolute atomic E-state index is 13.7. The highest BCUT2D eigenvalue weighted by molar-refractivity contribution is 9.10. The van der Waals surface area contributed by atoms with Crippen molar-refractivity contribution in [2.24, 2.45) is 0 Å². The fourth-order valence-electron chi connectivity index (χ4n) is 2.14. The molecule has 104 valence electrons. The van der Waals surface area contributed by atoms with Crippen LogP contribution < -0.4 is 0 Å². The molecule has 0 aliphatic carbocycles. The van der Waals surface area contributed by atoms with Gasteiger partial charge in [0.2, 0.25) is 0 Å². The van der Waals surface area contributed by atoms with Crippen LogP contribution in [0.1, 0.15) is 17.3 Å². The van der Waals surface area contributed by atoms with Gasteiger partial charge >= 0.3 is 0 Å². The van der Waals surface area contributed by atoms with Crippen LogP contribution in [-0.4, -0.2) is 47.8 Å². The van der Waals surface area contributed by atoms with Crippen molar-refractivity contribution in [1.29, 1.82) is 0 Å². The van der Waals surface area contributed by atoms with Crippen LogP contribution >= 0.6 is 15.9 Å². The molecule has 1 aromatic carbocycles. The average Bonchev–Trinajstić information content (AvgIpc) is 2.40. The number of benzene rings is 1. The molecule has 0 saturated carbocycles. The molecule has 2 unspecified atom stereocenters. The van der Waals surface area contributed by atoms with Crippen LogP contribution in [0.25, 0.3) is 0 Å². The van der Waals surface area contributed by atoms with Crippen molar-refractivity contribution in [2.45, 2.75) is 19.1 Å². The number of hydrogen-bond acceptors (Lipinski definition) is 3. The van der Waals surface area contributed by atoms with Gasteiger partial charge in [-0.2, -0.15) is 0 Å². The predicted octanol–water partition coefficient (Wildman–Crippen LogP) is 1.81. The Kier molecular flexibility index (Phi) is 4.54. The Labute approximate surface area is 119 Å². The Morgan fingerprint density at radius 2 is 2.32 bits per heavy atom. The van der Waals surface area contributed by atoms with E-state index in [9.17, 15) is 9.18 Å². The molecular formula is C13H15BrFNO3. The first-order valence-corrected chi connectivity index (χ1v) is 6.81. The third-order valence-electron chi connectivity index (χ3n) is 2.98. The van der Waals surface area contributed by atoms with Gasteiger partial charge in [-0.15, -0.1) is 0 Å². The van der Waals surface area contributed by atoms with Gasteiger partial charge in [0.25, 0.3) is 5.91 Å². The average molecular weight is 332 g/mol. The standard InChI is InChI=1S/C13H15BrFNO3/c1-8-5-16(6-10(7-17)19-8)13(18)11-4-9(14)2-3-12(11)15/h2-4,8,10,17H,5-7H2,1H3. The van der Waals surface area contributed by atoms with Crippen LogP contribution in [0.3, 0.4) is 0 Å². The number of aliphatic hydroxyl groups is 1. The predicted molar refractivity (Wildman–Crippen MR) is 71.4 cm³/mol. The van der Waals surface area contributed by atoms with Crippen molar-refractivity contribution >= 4 is 21.8 Å². The van der Waals surface area contributed by atoms with E-state index in [1.165, 1.54) is 17.0 Å². The Morgan fingerprint density at radius 1 is 1.58 bits per heavy atom. The molecule has 1 heterocycles. The van der Waals surface area contributed by atoms with Crippen LogP contribution in [0.5, 0.6) is 0 Å². The second kappa shape index (κ2) is 5.98. The van der Waals surface area contributed by atoms with Crippen LogP contribution in [0.4, 0.5) is 4.39 Å². The minimum absolute atomic E-state index is 0.0279. The molecule has 1 amide bonds. The Bertz CT molecular complexity index is 483. The zero-order valence-corrected chi connectivity index (χ0v) is 12.1. The topological polar surface area (TPSA) is 49.8 Å². The first kappa shape index (κ1) is 14.4. The summed E-state index contributed by atoms with van der Waals surface area (Å²) < 4.78 is 19.8. The van der Waals surface area contributed by atoms with Crippen molar-refractivity contribution in [3.63, 3.8) is 0 Å². The van der Waals surface area contributed by atoms with Crippen molar-refractivity contribution < 1.29 is 19.0 Å². The fraction of sp³-hybridized carbons (Fsp3) is 0.462. The smallest absolute Gasteiger partial charge is 0.257 e. The van der Waals surface area contributed by atoms with Crippen LogP contribution in [0.2, 0.25) is 0 Å². The summed E-state index contributed by atoms with van der Waals surface area (Å²) in [6.45, 7) is 2.32. The van der Waals surface area contributed by atoms with Crippen LogP contribution in [-0.2, 0) is 4.74 Å². The summed E-state index contributed by atoms with van der Waals surface area (Å²) in [5.41, 5.74) is 0.0279. The normalized spacial score (nSPS) is 23.5. The maximum Gasteiger partial charge on any atom is 0.257 e. The highest BCUT2D eigenvalue weighted by Gasteiger charge is 2.29. The van der Waals surface area contributed by atoms with Gasteiger partial charge in [-0.25, -0.2) is 4.39 Å². The van der Waals surface area contributed by atoms with Crippen molar-refractivity contribution in [1.82, 2.24) is 4.90 Å². The Morgan fingerprint density at radius 3 is 3.00 bits per heavy atom. The molecule has 1 N–H and O–H groups in total. The molecule has 6 heteroatoms. The van der Waals surface area contributed by atoms with Gasteiger partial charge in [0.15, 0.2) is 0 Å². The number of halogens is 2. The second-order valence-corrected chi connectivity index (χ2v) is 5.50. The van der Waals surface area contributed by atoms with E-state index in [2.05, 4.69) is 15.9 Å². The molecule has 0 aromatic heterocycles. The summed E-state index contributed by atoms with van der Waals surface area (Å²) in [5.74, 6) is -0.930. The summed E-state index contributed by atoms with van der Waals surface area (Å²) in [5, 5.41) is 9.13. The lowest BCUT2D eigenvalue weighted by atomic mass is 10.1. The summed E-state index contributed by atoms with van der Waals surface area (Å²) >= 11 is 3.22. The third kappa shape index (κ3) is 3.32. The molecule has 1 fully saturated rings. The summed E-state index contributed by atoms with van der Waals surface area (Å²) in [6.07, 6.45) is -0.590. The lowest BCUT2D eigenvalue weighted by molar-refractivity contribution is -0.0859. The first-order valence-electron chi connectivity index (χ1n) is 6.02. The summed E-state index contributed by atoms with van der Waals surface area (Å²) in [7, 11) is 0. The SMILES string of the molecule is CC1CN(C(=O)c2cc(Br)ccc2F)CC(CO)O1. The number of hydrogen-bond donors (Lipinski definition) is 1. The number of carbonyl (C=O) groups excluding carboxylic acids is 1. The number of carbonyl (C=O) groups is 1. The van der Waals surface area contributed by atoms with Gasteiger partial charge in [-0.3, -0.25) is 4.79 Å². The molecular weight excluding hydrogens is 317 g/mol. The first-order chi connectivity index (χ1) is 9.01. The van der Waals surface area contributed by atoms with Gasteiger partial charge in [0.1, 0.15) is 5.82 Å². The molecule has 0 spiro atoms. The lowest BCUT2D eigenvalue weighted by Gasteiger charge is -2.36. The zero-order chi connectivity index (χ0) is 14.0. The molecule has 0 radical (unpaired) electrons. The van der Waals surface area contributed by atoms with E-state index in [1.54, 1.807) is 6.07 Å². The highest BCUT2D eigenvalue weighted by atomic mass is 79.9. The largest absolute Gasteiger partial charge is 0.394 e. The third-order valence-corrected chi connectivity index (χ3v) is 3.47. The quantitative estimate of drug-likeness (QED) is 0.899. The number of nitrogens with zero attached hydrogens (tertiary/aromatic N) is 1. The van der Waals surface area contributed by atoms with E-state index < -0.39 is 11.9 Å². The van der Waals surface area contributed by atoms with Gasteiger partial charge in [-0.05, 0) is 25.1 Å². The monoisotopic (exact) mass is 331 g/mol. The molecule has 2 rings (SSSR count). The number of aliphatic hydroxyl groups excluding tert-OH is 1. The number of rotatable bonds is 2. The summed E-state index contributed by atoms with van der Waals surface area (Å²) in [4.78, 5) is 13.8. The van der Waals surface area contributed by atoms with Gasteiger partial charge < -0.3 is 14.7 Å². The molecule has 19 heavy (non-hydrogen) atoms. The minimum atomic E-state index is -0.548. The highest BCUT2D eigenvalue weighted by Crippen LogP contribution is 2.20. The molecule has 1 aromatic rings. The lowest BCUT2D eigenvalue weighted by Crippen LogP contribution is -2.50. The van der Waals surface area contributed by atoms with Crippen LogP contribution in [0.15, 0.2) is 22.7 Å². The molecule has 2 atom stereocenters. The summed E-state index contributed by atoms with van der Waals surface area (Å²) in [6, 6.07) is 4.26. The van der Waals surface area contributed by atoms with Crippen LogP contribution in [0, 0.1) is 5.82 Å². The van der Waals surface area contributed by atoms with Gasteiger partial charge in [0.05, 0.1) is 24.4 Å². The van der Waals surface area contributed by atoms with E-state index in [1.807, 2.05) is 6.92 Å². The van der Waals surface area contributed by atoms with E-state index in [0.717, 1.165) is 0 Å². The van der Waals surface area contributed by atoms with Crippen molar-refractivity contribution in [3.05, 3.63) is 34.1 Å². The fourth-order valence-corrected chi connectivity index (χ4v) is 2.50. The maximum atomic E-state index is 13.7. The van der Waals surface area contributed by atoms with Gasteiger partial charge in [0, 0.05) is 17.6 Å². The van der Waals surface area contributed by atoms with Gasteiger partial charge in [-0.1, -0.05) is 15.9 Å². The zero-order valence-electron chi connectivity index (χ0n) is 10.5. The Hall–Kier alpha value is -0.980.